The third-order valence-electron chi connectivity index (χ3n) is 7.93. The highest BCUT2D eigenvalue weighted by molar-refractivity contribution is 6.01. The molecule has 2 aliphatic heterocycles. The maximum atomic E-state index is 14.3. The van der Waals surface area contributed by atoms with Crippen LogP contribution in [0.3, 0.4) is 0 Å². The largest absolute Gasteiger partial charge is 0.493 e. The Kier molecular flexibility index (Phi) is 5.86. The molecule has 4 aromatic rings. The number of carbonyl (C=O) groups excluding carboxylic acids is 2. The maximum Gasteiger partial charge on any atom is 0.255 e. The molecule has 1 saturated heterocycles. The number of H-pyrrole nitrogens is 1. The first-order valence-corrected chi connectivity index (χ1v) is 13.0. The number of ether oxygens (including phenoxy) is 2. The van der Waals surface area contributed by atoms with Crippen LogP contribution in [0.5, 0.6) is 11.5 Å². The molecule has 2 amide bonds. The summed E-state index contributed by atoms with van der Waals surface area (Å²) < 4.78 is 11.7. The van der Waals surface area contributed by atoms with E-state index in [1.54, 1.807) is 16.9 Å². The highest BCUT2D eigenvalue weighted by atomic mass is 16.5. The van der Waals surface area contributed by atoms with Gasteiger partial charge in [-0.3, -0.25) is 9.59 Å². The molecule has 3 heterocycles. The van der Waals surface area contributed by atoms with E-state index in [0.29, 0.717) is 31.2 Å². The molecule has 0 saturated carbocycles. The van der Waals surface area contributed by atoms with Gasteiger partial charge in [-0.2, -0.15) is 0 Å². The number of rotatable bonds is 6. The van der Waals surface area contributed by atoms with Gasteiger partial charge in [-0.25, -0.2) is 0 Å². The number of nitrogens with zero attached hydrogens (tertiary/aromatic N) is 2. The van der Waals surface area contributed by atoms with Gasteiger partial charge in [0.05, 0.1) is 19.4 Å². The molecule has 0 radical (unpaired) electrons. The van der Waals surface area contributed by atoms with E-state index in [4.69, 9.17) is 9.47 Å². The van der Waals surface area contributed by atoms with Gasteiger partial charge in [-0.1, -0.05) is 60.7 Å². The lowest BCUT2D eigenvalue weighted by Crippen LogP contribution is -2.67. The fourth-order valence-corrected chi connectivity index (χ4v) is 6.15. The molecule has 1 N–H and O–H groups in total. The molecule has 7 heteroatoms. The van der Waals surface area contributed by atoms with Crippen LogP contribution in [0.2, 0.25) is 0 Å². The van der Waals surface area contributed by atoms with Crippen molar-refractivity contribution >= 4 is 22.7 Å². The Labute approximate surface area is 222 Å². The molecule has 3 aromatic carbocycles. The summed E-state index contributed by atoms with van der Waals surface area (Å²) in [5, 5.41) is 1.04. The number of hydrogen-bond donors (Lipinski definition) is 1. The molecule has 6 rings (SSSR count). The molecule has 0 spiro atoms. The van der Waals surface area contributed by atoms with Crippen LogP contribution in [-0.2, 0) is 21.7 Å². The molecular weight excluding hydrogens is 478 g/mol. The summed E-state index contributed by atoms with van der Waals surface area (Å²) in [6.45, 7) is 5.10. The van der Waals surface area contributed by atoms with Crippen molar-refractivity contribution in [2.45, 2.75) is 31.8 Å². The molecular formula is C31H31N3O4. The Balaban J connectivity index is 1.54. The van der Waals surface area contributed by atoms with Gasteiger partial charge < -0.3 is 24.3 Å². The van der Waals surface area contributed by atoms with Crippen LogP contribution < -0.4 is 9.47 Å². The topological polar surface area (TPSA) is 74.9 Å². The number of hydrogen-bond acceptors (Lipinski definition) is 4. The van der Waals surface area contributed by atoms with Crippen LogP contribution in [0.1, 0.15) is 42.1 Å². The average Bonchev–Trinajstić information content (AvgIpc) is 3.34. The van der Waals surface area contributed by atoms with Crippen LogP contribution in [0, 0.1) is 0 Å². The monoisotopic (exact) mass is 509 g/mol. The quantitative estimate of drug-likeness (QED) is 0.405. The van der Waals surface area contributed by atoms with Crippen LogP contribution in [-0.4, -0.2) is 53.4 Å². The second kappa shape index (κ2) is 9.24. The van der Waals surface area contributed by atoms with Gasteiger partial charge in [-0.05, 0) is 37.1 Å². The Morgan fingerprint density at radius 2 is 1.76 bits per heavy atom. The van der Waals surface area contributed by atoms with Crippen molar-refractivity contribution < 1.29 is 19.1 Å². The molecule has 2 aliphatic rings. The zero-order valence-corrected chi connectivity index (χ0v) is 21.9. The summed E-state index contributed by atoms with van der Waals surface area (Å²) in [7, 11) is 1.63. The number of nitrogens with one attached hydrogen (secondary N) is 1. The number of benzene rings is 3. The van der Waals surface area contributed by atoms with Crippen molar-refractivity contribution in [3.8, 4) is 11.5 Å². The minimum Gasteiger partial charge on any atom is -0.493 e. The molecule has 194 valence electrons. The standard InChI is InChI=1S/C31H31N3O4/c1-4-38-28-21(14-10-16-25(28)37-3)23-18-34-26(35)19-33(17-20-11-6-5-7-12-20)30(36)31(34,2)29-27(23)22-13-8-9-15-24(22)32-29/h5-16,23,32H,4,17-19H2,1-3H3/t23?,31-/m0/s1. The van der Waals surface area contributed by atoms with Gasteiger partial charge in [-0.15, -0.1) is 0 Å². The number of fused-ring (bicyclic) bond motifs is 5. The lowest BCUT2D eigenvalue weighted by molar-refractivity contribution is -0.166. The number of para-hydroxylation sites is 2. The summed E-state index contributed by atoms with van der Waals surface area (Å²) in [5.74, 6) is 0.961. The zero-order chi connectivity index (χ0) is 26.4. The lowest BCUT2D eigenvalue weighted by Gasteiger charge is -2.51. The van der Waals surface area contributed by atoms with E-state index in [1.807, 2.05) is 80.6 Å². The van der Waals surface area contributed by atoms with E-state index >= 15 is 0 Å². The molecule has 0 bridgehead atoms. The number of aromatic nitrogens is 1. The van der Waals surface area contributed by atoms with Crippen molar-refractivity contribution in [2.75, 3.05) is 26.8 Å². The Hall–Kier alpha value is -4.26. The van der Waals surface area contributed by atoms with Crippen molar-refractivity contribution in [1.82, 2.24) is 14.8 Å². The molecule has 38 heavy (non-hydrogen) atoms. The van der Waals surface area contributed by atoms with E-state index < -0.39 is 5.54 Å². The first kappa shape index (κ1) is 24.1. The van der Waals surface area contributed by atoms with E-state index in [0.717, 1.165) is 33.3 Å². The molecule has 7 nitrogen and oxygen atoms in total. The lowest BCUT2D eigenvalue weighted by atomic mass is 9.76. The molecule has 2 atom stereocenters. The number of methoxy groups -OCH3 is 1. The SMILES string of the molecule is CCOc1c(OC)cccc1C1CN2C(=O)CN(Cc3ccccc3)C(=O)[C@]2(C)c2[nH]c3ccccc3c21. The summed E-state index contributed by atoms with van der Waals surface area (Å²) in [4.78, 5) is 35.0. The smallest absolute Gasteiger partial charge is 0.255 e. The van der Waals surface area contributed by atoms with E-state index in [-0.39, 0.29) is 24.3 Å². The summed E-state index contributed by atoms with van der Waals surface area (Å²) in [6, 6.07) is 23.8. The Morgan fingerprint density at radius 1 is 1.00 bits per heavy atom. The third kappa shape index (κ3) is 3.56. The first-order valence-electron chi connectivity index (χ1n) is 13.0. The van der Waals surface area contributed by atoms with E-state index in [2.05, 4.69) is 11.1 Å². The Morgan fingerprint density at radius 3 is 2.53 bits per heavy atom. The van der Waals surface area contributed by atoms with E-state index in [1.165, 1.54) is 0 Å². The van der Waals surface area contributed by atoms with Crippen LogP contribution in [0.4, 0.5) is 0 Å². The van der Waals surface area contributed by atoms with Crippen LogP contribution >= 0.6 is 0 Å². The molecule has 1 unspecified atom stereocenters. The minimum absolute atomic E-state index is 0.0437. The number of piperazine rings is 1. The van der Waals surface area contributed by atoms with Crippen molar-refractivity contribution in [1.29, 1.82) is 0 Å². The van der Waals surface area contributed by atoms with Crippen LogP contribution in [0.25, 0.3) is 10.9 Å². The predicted octanol–water partition coefficient (Wildman–Crippen LogP) is 4.81. The normalized spacial score (nSPS) is 20.9. The minimum atomic E-state index is -1.15. The second-order valence-corrected chi connectivity index (χ2v) is 10.0. The number of aromatic amines is 1. The van der Waals surface area contributed by atoms with Gasteiger partial charge in [0.1, 0.15) is 6.54 Å². The summed E-state index contributed by atoms with van der Waals surface area (Å²) >= 11 is 0. The van der Waals surface area contributed by atoms with Crippen molar-refractivity contribution in [3.05, 3.63) is 95.2 Å². The van der Waals surface area contributed by atoms with Crippen molar-refractivity contribution in [2.24, 2.45) is 0 Å². The number of amides is 2. The fourth-order valence-electron chi connectivity index (χ4n) is 6.15. The maximum absolute atomic E-state index is 14.3. The first-order chi connectivity index (χ1) is 18.5. The molecule has 1 aromatic heterocycles. The van der Waals surface area contributed by atoms with Gasteiger partial charge >= 0.3 is 0 Å². The summed E-state index contributed by atoms with van der Waals surface area (Å²) in [5.41, 5.74) is 3.50. The zero-order valence-electron chi connectivity index (χ0n) is 21.9. The van der Waals surface area contributed by atoms with Gasteiger partial charge in [0.2, 0.25) is 5.91 Å². The predicted molar refractivity (Wildman–Crippen MR) is 145 cm³/mol. The van der Waals surface area contributed by atoms with Crippen molar-refractivity contribution in [3.63, 3.8) is 0 Å². The van der Waals surface area contributed by atoms with Gasteiger partial charge in [0.25, 0.3) is 5.91 Å². The average molecular weight is 510 g/mol. The van der Waals surface area contributed by atoms with Gasteiger partial charge in [0, 0.05) is 35.5 Å². The van der Waals surface area contributed by atoms with Crippen LogP contribution in [0.15, 0.2) is 72.8 Å². The highest BCUT2D eigenvalue weighted by Gasteiger charge is 2.56. The third-order valence-corrected chi connectivity index (χ3v) is 7.93. The second-order valence-electron chi connectivity index (χ2n) is 10.0. The Bertz CT molecular complexity index is 1530. The van der Waals surface area contributed by atoms with E-state index in [9.17, 15) is 9.59 Å². The molecule has 1 fully saturated rings. The fraction of sp³-hybridized carbons (Fsp3) is 0.290. The summed E-state index contributed by atoms with van der Waals surface area (Å²) in [6.07, 6.45) is 0. The molecule has 0 aliphatic carbocycles. The van der Waals surface area contributed by atoms with Gasteiger partial charge in [0.15, 0.2) is 17.0 Å². The highest BCUT2D eigenvalue weighted by Crippen LogP contribution is 2.50. The number of carbonyl (C=O) groups is 2.